The highest BCUT2D eigenvalue weighted by Gasteiger charge is 2.43. The minimum Gasteiger partial charge on any atom is -0.388 e. The molecule has 1 heterocycles. The molecular formula is C12H17F3N2O. The first-order chi connectivity index (χ1) is 8.25. The van der Waals surface area contributed by atoms with E-state index >= 15 is 0 Å². The molecule has 0 bridgehead atoms. The number of hydrogen-bond donors (Lipinski definition) is 1. The van der Waals surface area contributed by atoms with Crippen LogP contribution in [0.3, 0.4) is 0 Å². The van der Waals surface area contributed by atoms with Crippen LogP contribution in [-0.4, -0.2) is 14.9 Å². The molecule has 1 aromatic heterocycles. The number of rotatable bonds is 2. The van der Waals surface area contributed by atoms with Gasteiger partial charge in [-0.2, -0.15) is 5.10 Å². The summed E-state index contributed by atoms with van der Waals surface area (Å²) in [5.74, 6) is 0. The van der Waals surface area contributed by atoms with Crippen molar-refractivity contribution in [3.05, 3.63) is 17.0 Å². The first kappa shape index (κ1) is 13.4. The van der Waals surface area contributed by atoms with Crippen molar-refractivity contribution >= 4 is 0 Å². The lowest BCUT2D eigenvalue weighted by Crippen LogP contribution is -2.28. The molecule has 2 atom stereocenters. The molecule has 1 aromatic rings. The van der Waals surface area contributed by atoms with Gasteiger partial charge >= 0.3 is 0 Å². The summed E-state index contributed by atoms with van der Waals surface area (Å²) in [6, 6.07) is -0.230. The van der Waals surface area contributed by atoms with Gasteiger partial charge < -0.3 is 5.11 Å². The maximum Gasteiger partial charge on any atom is 0.282 e. The maximum atomic E-state index is 14.5. The van der Waals surface area contributed by atoms with Gasteiger partial charge in [0, 0.05) is 11.6 Å². The molecule has 0 aromatic carbocycles. The van der Waals surface area contributed by atoms with Gasteiger partial charge in [-0.05, 0) is 33.6 Å². The molecule has 2 rings (SSSR count). The van der Waals surface area contributed by atoms with Gasteiger partial charge in [-0.15, -0.1) is 0 Å². The molecule has 6 heteroatoms. The molecule has 1 N–H and O–H groups in total. The quantitative estimate of drug-likeness (QED) is 0.886. The fourth-order valence-corrected chi connectivity index (χ4v) is 2.52. The van der Waals surface area contributed by atoms with Crippen molar-refractivity contribution in [1.29, 1.82) is 0 Å². The number of aliphatic hydroxyl groups excluding tert-OH is 1. The second-order valence-electron chi connectivity index (χ2n) is 5.24. The van der Waals surface area contributed by atoms with Crippen molar-refractivity contribution in [1.82, 2.24) is 9.78 Å². The van der Waals surface area contributed by atoms with Crippen LogP contribution in [0.4, 0.5) is 13.2 Å². The van der Waals surface area contributed by atoms with E-state index in [0.717, 1.165) is 0 Å². The summed E-state index contributed by atoms with van der Waals surface area (Å²) >= 11 is 0. The van der Waals surface area contributed by atoms with Crippen LogP contribution in [0.1, 0.15) is 69.1 Å². The lowest BCUT2D eigenvalue weighted by atomic mass is 9.83. The smallest absolute Gasteiger partial charge is 0.282 e. The monoisotopic (exact) mass is 262 g/mol. The molecule has 1 aliphatic rings. The Morgan fingerprint density at radius 2 is 2.06 bits per heavy atom. The van der Waals surface area contributed by atoms with Crippen LogP contribution in [-0.2, 0) is 5.67 Å². The number of fused-ring (bicyclic) bond motifs is 1. The third kappa shape index (κ3) is 1.92. The Labute approximate surface area is 104 Å². The van der Waals surface area contributed by atoms with E-state index in [1.807, 2.05) is 0 Å². The average Bonchev–Trinajstić information content (AvgIpc) is 2.66. The highest BCUT2D eigenvalue weighted by Crippen LogP contribution is 2.46. The van der Waals surface area contributed by atoms with Gasteiger partial charge in [-0.25, -0.2) is 13.2 Å². The summed E-state index contributed by atoms with van der Waals surface area (Å²) in [5.41, 5.74) is -2.13. The van der Waals surface area contributed by atoms with Gasteiger partial charge in [-0.1, -0.05) is 0 Å². The van der Waals surface area contributed by atoms with E-state index in [0.29, 0.717) is 0 Å². The van der Waals surface area contributed by atoms with E-state index in [9.17, 15) is 18.3 Å². The summed E-state index contributed by atoms with van der Waals surface area (Å²) in [6.07, 6.45) is -3.60. The summed E-state index contributed by atoms with van der Waals surface area (Å²) in [5, 5.41) is 13.7. The molecule has 0 fully saturated rings. The Morgan fingerprint density at radius 1 is 1.44 bits per heavy atom. The first-order valence-electron chi connectivity index (χ1n) is 6.03. The summed E-state index contributed by atoms with van der Waals surface area (Å²) < 4.78 is 41.7. The van der Waals surface area contributed by atoms with Gasteiger partial charge in [0.1, 0.15) is 11.4 Å². The number of aliphatic hydroxyl groups is 1. The van der Waals surface area contributed by atoms with Gasteiger partial charge in [0.15, 0.2) is 0 Å². The largest absolute Gasteiger partial charge is 0.388 e. The molecule has 3 nitrogen and oxygen atoms in total. The third-order valence-electron chi connectivity index (χ3n) is 3.39. The van der Waals surface area contributed by atoms with Crippen molar-refractivity contribution in [3.63, 3.8) is 0 Å². The van der Waals surface area contributed by atoms with E-state index in [-0.39, 0.29) is 30.1 Å². The van der Waals surface area contributed by atoms with E-state index in [2.05, 4.69) is 5.10 Å². The normalized spacial score (nSPS) is 27.9. The Kier molecular flexibility index (Phi) is 3.17. The molecule has 0 radical (unpaired) electrons. The summed E-state index contributed by atoms with van der Waals surface area (Å²) in [7, 11) is 0. The van der Waals surface area contributed by atoms with Gasteiger partial charge in [0.25, 0.3) is 6.43 Å². The topological polar surface area (TPSA) is 38.0 Å². The molecule has 0 saturated carbocycles. The number of halogens is 3. The molecular weight excluding hydrogens is 245 g/mol. The highest BCUT2D eigenvalue weighted by atomic mass is 19.3. The van der Waals surface area contributed by atoms with E-state index in [4.69, 9.17) is 0 Å². The second-order valence-corrected chi connectivity index (χ2v) is 5.24. The van der Waals surface area contributed by atoms with Crippen molar-refractivity contribution < 1.29 is 18.3 Å². The van der Waals surface area contributed by atoms with E-state index in [1.165, 1.54) is 11.6 Å². The van der Waals surface area contributed by atoms with Crippen LogP contribution in [0, 0.1) is 0 Å². The molecule has 0 saturated heterocycles. The molecule has 0 amide bonds. The van der Waals surface area contributed by atoms with Crippen LogP contribution in [0.25, 0.3) is 0 Å². The zero-order chi connectivity index (χ0) is 13.7. The summed E-state index contributed by atoms with van der Waals surface area (Å²) in [6.45, 7) is 4.85. The number of aromatic nitrogens is 2. The lowest BCUT2D eigenvalue weighted by molar-refractivity contribution is 0.0730. The standard InChI is InChI=1S/C12H17F3N2O/c1-6(2)17-10-8(9(16-17)11(13)14)7(18)4-5-12(10,3)15/h6-7,11,18H,4-5H2,1-3H3. The number of alkyl halides is 3. The Balaban J connectivity index is 2.70. The van der Waals surface area contributed by atoms with Crippen molar-refractivity contribution in [3.8, 4) is 0 Å². The van der Waals surface area contributed by atoms with Crippen molar-refractivity contribution in [2.24, 2.45) is 0 Å². The highest BCUT2D eigenvalue weighted by molar-refractivity contribution is 5.36. The molecule has 2 unspecified atom stereocenters. The second kappa shape index (κ2) is 4.26. The fraction of sp³-hybridized carbons (Fsp3) is 0.750. The van der Waals surface area contributed by atoms with Gasteiger partial charge in [0.05, 0.1) is 11.8 Å². The number of nitrogens with zero attached hydrogens (tertiary/aromatic N) is 2. The van der Waals surface area contributed by atoms with Crippen molar-refractivity contribution in [2.45, 2.75) is 57.9 Å². The van der Waals surface area contributed by atoms with Crippen molar-refractivity contribution in [2.75, 3.05) is 0 Å². The number of hydrogen-bond acceptors (Lipinski definition) is 2. The Hall–Kier alpha value is -1.04. The molecule has 0 spiro atoms. The lowest BCUT2D eigenvalue weighted by Gasteiger charge is -2.31. The molecule has 1 aliphatic carbocycles. The maximum absolute atomic E-state index is 14.5. The molecule has 0 aliphatic heterocycles. The molecule has 18 heavy (non-hydrogen) atoms. The van der Waals surface area contributed by atoms with E-state index in [1.54, 1.807) is 13.8 Å². The molecule has 102 valence electrons. The summed E-state index contributed by atoms with van der Waals surface area (Å²) in [4.78, 5) is 0. The van der Waals surface area contributed by atoms with E-state index < -0.39 is 23.9 Å². The Morgan fingerprint density at radius 3 is 2.56 bits per heavy atom. The SMILES string of the molecule is CC(C)n1nc(C(F)F)c2c1C(C)(F)CCC2O. The van der Waals surface area contributed by atoms with Crippen LogP contribution in [0.15, 0.2) is 0 Å². The van der Waals surface area contributed by atoms with Gasteiger partial charge in [-0.3, -0.25) is 4.68 Å². The first-order valence-corrected chi connectivity index (χ1v) is 6.03. The fourth-order valence-electron chi connectivity index (χ4n) is 2.52. The minimum atomic E-state index is -2.80. The van der Waals surface area contributed by atoms with Crippen LogP contribution < -0.4 is 0 Å². The van der Waals surface area contributed by atoms with Gasteiger partial charge in [0.2, 0.25) is 0 Å². The minimum absolute atomic E-state index is 0.0186. The van der Waals surface area contributed by atoms with Crippen LogP contribution in [0.5, 0.6) is 0 Å². The zero-order valence-electron chi connectivity index (χ0n) is 10.6. The van der Waals surface area contributed by atoms with Crippen LogP contribution >= 0.6 is 0 Å². The predicted octanol–water partition coefficient (Wildman–Crippen LogP) is 3.41. The predicted molar refractivity (Wildman–Crippen MR) is 60.2 cm³/mol. The van der Waals surface area contributed by atoms with Crippen LogP contribution in [0.2, 0.25) is 0 Å². The average molecular weight is 262 g/mol. The third-order valence-corrected chi connectivity index (χ3v) is 3.39. The zero-order valence-corrected chi connectivity index (χ0v) is 10.6. The Bertz CT molecular complexity index is 454.